The lowest BCUT2D eigenvalue weighted by Crippen LogP contribution is -2.41. The first-order chi connectivity index (χ1) is 9.32. The van der Waals surface area contributed by atoms with E-state index in [-0.39, 0.29) is 16.6 Å². The molecule has 112 valence electrons. The minimum atomic E-state index is -3.67. The molecule has 1 unspecified atom stereocenters. The molecule has 2 rings (SSSR count). The SMILES string of the molecule is CN(C)CC1CCCN1S(=O)(=O)c1ccc(F)cc1N. The van der Waals surface area contributed by atoms with Gasteiger partial charge in [-0.3, -0.25) is 0 Å². The van der Waals surface area contributed by atoms with Gasteiger partial charge in [-0.2, -0.15) is 4.31 Å². The Balaban J connectivity index is 2.34. The standard InChI is InChI=1S/C13H20FN3O2S/c1-16(2)9-11-4-3-7-17(11)20(18,19)13-6-5-10(14)8-12(13)15/h5-6,8,11H,3-4,7,9,15H2,1-2H3. The third-order valence-electron chi connectivity index (χ3n) is 3.46. The molecule has 1 aliphatic heterocycles. The van der Waals surface area contributed by atoms with Crippen molar-refractivity contribution in [3.05, 3.63) is 24.0 Å². The number of hydrogen-bond acceptors (Lipinski definition) is 4. The summed E-state index contributed by atoms with van der Waals surface area (Å²) in [5.41, 5.74) is 5.62. The Morgan fingerprint density at radius 2 is 2.15 bits per heavy atom. The van der Waals surface area contributed by atoms with E-state index in [0.29, 0.717) is 13.1 Å². The number of likely N-dealkylation sites (N-methyl/N-ethyl adjacent to an activating group) is 1. The molecule has 7 heteroatoms. The zero-order valence-electron chi connectivity index (χ0n) is 11.7. The molecule has 20 heavy (non-hydrogen) atoms. The summed E-state index contributed by atoms with van der Waals surface area (Å²) in [6.07, 6.45) is 1.66. The summed E-state index contributed by atoms with van der Waals surface area (Å²) in [5.74, 6) is -0.535. The maximum absolute atomic E-state index is 13.1. The quantitative estimate of drug-likeness (QED) is 0.846. The second kappa shape index (κ2) is 5.67. The Morgan fingerprint density at radius 3 is 2.75 bits per heavy atom. The molecule has 1 saturated heterocycles. The van der Waals surface area contributed by atoms with Crippen molar-refractivity contribution in [2.45, 2.75) is 23.8 Å². The second-order valence-corrected chi connectivity index (χ2v) is 7.22. The number of anilines is 1. The maximum atomic E-state index is 13.1. The Hall–Kier alpha value is -1.18. The number of hydrogen-bond donors (Lipinski definition) is 1. The van der Waals surface area contributed by atoms with Crippen LogP contribution in [0.25, 0.3) is 0 Å². The zero-order valence-corrected chi connectivity index (χ0v) is 12.5. The van der Waals surface area contributed by atoms with Gasteiger partial charge in [-0.25, -0.2) is 12.8 Å². The fraction of sp³-hybridized carbons (Fsp3) is 0.538. The summed E-state index contributed by atoms with van der Waals surface area (Å²) < 4.78 is 39.9. The average molecular weight is 301 g/mol. The van der Waals surface area contributed by atoms with Crippen LogP contribution >= 0.6 is 0 Å². The summed E-state index contributed by atoms with van der Waals surface area (Å²) in [6.45, 7) is 1.15. The Bertz CT molecular complexity index is 589. The lowest BCUT2D eigenvalue weighted by Gasteiger charge is -2.26. The van der Waals surface area contributed by atoms with Gasteiger partial charge in [0.15, 0.2) is 0 Å². The lowest BCUT2D eigenvalue weighted by atomic mass is 10.2. The van der Waals surface area contributed by atoms with Gasteiger partial charge in [0.25, 0.3) is 0 Å². The third kappa shape index (κ3) is 2.94. The molecule has 0 amide bonds. The van der Waals surface area contributed by atoms with Gasteiger partial charge in [0.2, 0.25) is 10.0 Å². The molecule has 0 bridgehead atoms. The van der Waals surface area contributed by atoms with Crippen LogP contribution in [-0.4, -0.2) is 50.8 Å². The number of nitrogens with zero attached hydrogens (tertiary/aromatic N) is 2. The molecule has 0 saturated carbocycles. The first-order valence-corrected chi connectivity index (χ1v) is 7.98. The van der Waals surface area contributed by atoms with Gasteiger partial charge < -0.3 is 10.6 Å². The number of rotatable bonds is 4. The number of nitrogens with two attached hydrogens (primary N) is 1. The Morgan fingerprint density at radius 1 is 1.45 bits per heavy atom. The monoisotopic (exact) mass is 301 g/mol. The van der Waals surface area contributed by atoms with Crippen LogP contribution in [0.4, 0.5) is 10.1 Å². The molecule has 1 aliphatic rings. The van der Waals surface area contributed by atoms with Gasteiger partial charge in [0, 0.05) is 19.1 Å². The van der Waals surface area contributed by atoms with Crippen LogP contribution < -0.4 is 5.73 Å². The predicted octanol–water partition coefficient (Wildman–Crippen LogP) is 1.12. The highest BCUT2D eigenvalue weighted by Gasteiger charge is 2.36. The molecule has 1 atom stereocenters. The highest BCUT2D eigenvalue weighted by atomic mass is 32.2. The van der Waals surface area contributed by atoms with Crippen LogP contribution in [0.3, 0.4) is 0 Å². The topological polar surface area (TPSA) is 66.6 Å². The van der Waals surface area contributed by atoms with Gasteiger partial charge in [0.05, 0.1) is 5.69 Å². The van der Waals surface area contributed by atoms with Gasteiger partial charge >= 0.3 is 0 Å². The number of sulfonamides is 1. The summed E-state index contributed by atoms with van der Waals surface area (Å²) in [6, 6.07) is 3.36. The van der Waals surface area contributed by atoms with Gasteiger partial charge in [0.1, 0.15) is 10.7 Å². The van der Waals surface area contributed by atoms with Crippen molar-refractivity contribution < 1.29 is 12.8 Å². The van der Waals surface area contributed by atoms with Crippen LogP contribution in [0, 0.1) is 5.82 Å². The molecular formula is C13H20FN3O2S. The average Bonchev–Trinajstić information content (AvgIpc) is 2.76. The van der Waals surface area contributed by atoms with Crippen molar-refractivity contribution in [1.29, 1.82) is 0 Å². The smallest absolute Gasteiger partial charge is 0.245 e. The van der Waals surface area contributed by atoms with Crippen LogP contribution in [0.5, 0.6) is 0 Å². The molecule has 0 aromatic heterocycles. The second-order valence-electron chi connectivity index (χ2n) is 5.36. The van der Waals surface area contributed by atoms with E-state index in [2.05, 4.69) is 0 Å². The van der Waals surface area contributed by atoms with Gasteiger partial charge in [-0.15, -0.1) is 0 Å². The normalized spacial score (nSPS) is 20.7. The van der Waals surface area contributed by atoms with Crippen LogP contribution in [-0.2, 0) is 10.0 Å². The van der Waals surface area contributed by atoms with Crippen molar-refractivity contribution in [3.8, 4) is 0 Å². The van der Waals surface area contributed by atoms with Crippen molar-refractivity contribution in [3.63, 3.8) is 0 Å². The lowest BCUT2D eigenvalue weighted by molar-refractivity contribution is 0.291. The third-order valence-corrected chi connectivity index (χ3v) is 5.48. The molecule has 5 nitrogen and oxygen atoms in total. The van der Waals surface area contributed by atoms with Crippen LogP contribution in [0.2, 0.25) is 0 Å². The Kier molecular flexibility index (Phi) is 4.31. The van der Waals surface area contributed by atoms with Crippen LogP contribution in [0.1, 0.15) is 12.8 Å². The highest BCUT2D eigenvalue weighted by Crippen LogP contribution is 2.29. The molecule has 0 spiro atoms. The largest absolute Gasteiger partial charge is 0.398 e. The van der Waals surface area contributed by atoms with Crippen LogP contribution in [0.15, 0.2) is 23.1 Å². The Labute approximate surface area is 119 Å². The molecular weight excluding hydrogens is 281 g/mol. The van der Waals surface area contributed by atoms with Gasteiger partial charge in [-0.05, 0) is 45.1 Å². The first kappa shape index (κ1) is 15.2. The maximum Gasteiger partial charge on any atom is 0.245 e. The van der Waals surface area contributed by atoms with E-state index in [1.54, 1.807) is 0 Å². The van der Waals surface area contributed by atoms with Crippen molar-refractivity contribution in [2.75, 3.05) is 32.9 Å². The summed E-state index contributed by atoms with van der Waals surface area (Å²) in [7, 11) is 0.158. The minimum absolute atomic E-state index is 0.00967. The summed E-state index contributed by atoms with van der Waals surface area (Å²) in [4.78, 5) is 1.96. The fourth-order valence-corrected chi connectivity index (χ4v) is 4.39. The van der Waals surface area contributed by atoms with E-state index in [1.807, 2.05) is 19.0 Å². The first-order valence-electron chi connectivity index (χ1n) is 6.54. The van der Waals surface area contributed by atoms with E-state index in [0.717, 1.165) is 25.0 Å². The number of benzene rings is 1. The van der Waals surface area contributed by atoms with Crippen molar-refractivity contribution in [1.82, 2.24) is 9.21 Å². The van der Waals surface area contributed by atoms with E-state index < -0.39 is 15.8 Å². The van der Waals surface area contributed by atoms with Gasteiger partial charge in [-0.1, -0.05) is 0 Å². The molecule has 2 N–H and O–H groups in total. The van der Waals surface area contributed by atoms with E-state index in [1.165, 1.54) is 10.4 Å². The summed E-state index contributed by atoms with van der Waals surface area (Å²) >= 11 is 0. The molecule has 1 fully saturated rings. The van der Waals surface area contributed by atoms with E-state index in [9.17, 15) is 12.8 Å². The van der Waals surface area contributed by atoms with E-state index in [4.69, 9.17) is 5.73 Å². The molecule has 0 aliphatic carbocycles. The van der Waals surface area contributed by atoms with Crippen molar-refractivity contribution in [2.24, 2.45) is 0 Å². The van der Waals surface area contributed by atoms with Crippen molar-refractivity contribution >= 4 is 15.7 Å². The molecule has 1 aromatic rings. The molecule has 1 aromatic carbocycles. The molecule has 1 heterocycles. The predicted molar refractivity (Wildman–Crippen MR) is 76.3 cm³/mol. The highest BCUT2D eigenvalue weighted by molar-refractivity contribution is 7.89. The number of nitrogen functional groups attached to an aromatic ring is 1. The minimum Gasteiger partial charge on any atom is -0.398 e. The zero-order chi connectivity index (χ0) is 14.9. The number of halogens is 1. The fourth-order valence-electron chi connectivity index (χ4n) is 2.61. The molecule has 0 radical (unpaired) electrons. The van der Waals surface area contributed by atoms with E-state index >= 15 is 0 Å². The summed E-state index contributed by atoms with van der Waals surface area (Å²) in [5, 5.41) is 0.